The van der Waals surface area contributed by atoms with Crippen LogP contribution in [0.25, 0.3) is 0 Å². The lowest BCUT2D eigenvalue weighted by Crippen LogP contribution is -2.57. The zero-order valence-corrected chi connectivity index (χ0v) is 13.6. The molecule has 12 nitrogen and oxygen atoms in total. The summed E-state index contributed by atoms with van der Waals surface area (Å²) in [6.07, 6.45) is 0. The topological polar surface area (TPSA) is 211 Å². The molecule has 1 rings (SSSR count). The lowest BCUT2D eigenvalue weighted by atomic mass is 10.6. The maximum absolute atomic E-state index is 11.8. The molecular formula is C4H13NO11P4. The van der Waals surface area contributed by atoms with E-state index in [0.29, 0.717) is 13.8 Å². The first-order chi connectivity index (χ1) is 8.41. The van der Waals surface area contributed by atoms with Crippen LogP contribution in [-0.4, -0.2) is 39.4 Å². The van der Waals surface area contributed by atoms with Gasteiger partial charge < -0.3 is 29.4 Å². The second-order valence-corrected chi connectivity index (χ2v) is 13.6. The van der Waals surface area contributed by atoms with Gasteiger partial charge in [-0.2, -0.15) is 0 Å². The zero-order valence-electron chi connectivity index (χ0n) is 10.0. The molecule has 0 aromatic rings. The van der Waals surface area contributed by atoms with Crippen LogP contribution in [0, 0.1) is 0 Å². The summed E-state index contributed by atoms with van der Waals surface area (Å²) < 4.78 is 50.1. The van der Waals surface area contributed by atoms with Crippen molar-refractivity contribution in [3.05, 3.63) is 0 Å². The molecular weight excluding hydrogens is 362 g/mol. The van der Waals surface area contributed by atoms with Crippen molar-refractivity contribution in [1.82, 2.24) is 5.32 Å². The number of nitrogens with one attached hydrogen (secondary N) is 1. The molecule has 4 atom stereocenters. The molecule has 20 heavy (non-hydrogen) atoms. The fourth-order valence-electron chi connectivity index (χ4n) is 1.37. The predicted octanol–water partition coefficient (Wildman–Crippen LogP) is -0.320. The van der Waals surface area contributed by atoms with Crippen LogP contribution in [0.2, 0.25) is 0 Å². The lowest BCUT2D eigenvalue weighted by molar-refractivity contribution is 0.227. The molecule has 0 radical (unpaired) electrons. The van der Waals surface area contributed by atoms with Gasteiger partial charge in [0.1, 0.15) is 0 Å². The van der Waals surface area contributed by atoms with Gasteiger partial charge in [0.2, 0.25) is 10.0 Å². The predicted molar refractivity (Wildman–Crippen MR) is 64.8 cm³/mol. The summed E-state index contributed by atoms with van der Waals surface area (Å²) >= 11 is 0. The van der Waals surface area contributed by atoms with E-state index in [2.05, 4.69) is 4.31 Å². The third-order valence-electron chi connectivity index (χ3n) is 2.93. The second-order valence-electron chi connectivity index (χ2n) is 4.38. The average Bonchev–Trinajstić information content (AvgIpc) is 2.09. The van der Waals surface area contributed by atoms with Gasteiger partial charge in [-0.1, -0.05) is 0 Å². The molecule has 1 heterocycles. The molecule has 0 aliphatic carbocycles. The van der Waals surface area contributed by atoms with E-state index >= 15 is 0 Å². The largest absolute Gasteiger partial charge is 0.367 e. The van der Waals surface area contributed by atoms with Crippen LogP contribution in [-0.2, 0) is 22.6 Å². The van der Waals surface area contributed by atoms with Crippen molar-refractivity contribution in [2.75, 3.05) is 0 Å². The van der Waals surface area contributed by atoms with Gasteiger partial charge in [-0.05, 0) is 13.8 Å². The van der Waals surface area contributed by atoms with Gasteiger partial charge >= 0.3 is 30.4 Å². The van der Waals surface area contributed by atoms with Crippen molar-refractivity contribution in [2.24, 2.45) is 0 Å². The van der Waals surface area contributed by atoms with Gasteiger partial charge in [-0.3, -0.25) is 23.6 Å². The van der Waals surface area contributed by atoms with E-state index in [1.54, 1.807) is 0 Å². The quantitative estimate of drug-likeness (QED) is 0.310. The van der Waals surface area contributed by atoms with Gasteiger partial charge in [0.15, 0.2) is 0 Å². The molecule has 1 aliphatic heterocycles. The van der Waals surface area contributed by atoms with Crippen LogP contribution < -0.4 is 5.32 Å². The van der Waals surface area contributed by atoms with Crippen LogP contribution in [0.4, 0.5) is 0 Å². The first-order valence-electron chi connectivity index (χ1n) is 4.69. The summed E-state index contributed by atoms with van der Waals surface area (Å²) in [5.41, 5.74) is 0. The Morgan fingerprint density at radius 3 is 1.35 bits per heavy atom. The Morgan fingerprint density at radius 1 is 0.900 bits per heavy atom. The standard InChI is InChI=1S/C4H13NO11P4/c1-3(17(6,7)8)5-4(2,18(9,10)11)20(14,15)16-19(3,12)13/h5H,1-2H3,(H,12,13)(H,14,15)(H2,6,7,8)(H2,9,10,11). The van der Waals surface area contributed by atoms with Crippen LogP contribution in [0.5, 0.6) is 0 Å². The normalized spacial score (nSPS) is 47.2. The van der Waals surface area contributed by atoms with E-state index in [1.165, 1.54) is 5.32 Å². The summed E-state index contributed by atoms with van der Waals surface area (Å²) in [6, 6.07) is 0. The molecule has 0 spiro atoms. The average molecular weight is 375 g/mol. The Labute approximate surface area is 112 Å². The molecule has 0 bridgehead atoms. The van der Waals surface area contributed by atoms with Crippen molar-refractivity contribution < 1.29 is 51.9 Å². The Kier molecular flexibility index (Phi) is 4.24. The van der Waals surface area contributed by atoms with E-state index in [9.17, 15) is 28.0 Å². The monoisotopic (exact) mass is 375 g/mol. The smallest absolute Gasteiger partial charge is 0.323 e. The second kappa shape index (κ2) is 4.55. The summed E-state index contributed by atoms with van der Waals surface area (Å²) in [4.78, 5) is 55.4. The molecule has 0 saturated carbocycles. The minimum absolute atomic E-state index is 0.460. The Hall–Kier alpha value is 0.600. The minimum Gasteiger partial charge on any atom is -0.323 e. The molecule has 4 unspecified atom stereocenters. The first kappa shape index (κ1) is 18.6. The Balaban J connectivity index is 3.66. The van der Waals surface area contributed by atoms with Crippen LogP contribution in [0.15, 0.2) is 0 Å². The highest BCUT2D eigenvalue weighted by Crippen LogP contribution is 2.85. The van der Waals surface area contributed by atoms with Crippen molar-refractivity contribution in [3.63, 3.8) is 0 Å². The molecule has 120 valence electrons. The highest BCUT2D eigenvalue weighted by Gasteiger charge is 2.74. The number of rotatable bonds is 2. The maximum atomic E-state index is 11.8. The van der Waals surface area contributed by atoms with E-state index < -0.39 is 40.4 Å². The van der Waals surface area contributed by atoms with Crippen LogP contribution >= 0.6 is 30.4 Å². The minimum atomic E-state index is -5.51. The molecule has 1 saturated heterocycles. The SMILES string of the molecule is CC1(P(=O)(O)O)NC(C)(P(=O)(O)O)P(=O)(O)OP1(=O)O. The molecule has 0 amide bonds. The molecule has 0 aromatic carbocycles. The van der Waals surface area contributed by atoms with Crippen LogP contribution in [0.1, 0.15) is 13.8 Å². The van der Waals surface area contributed by atoms with Gasteiger partial charge in [-0.25, -0.2) is 4.31 Å². The van der Waals surface area contributed by atoms with E-state index in [4.69, 9.17) is 19.6 Å². The lowest BCUT2D eigenvalue weighted by Gasteiger charge is -2.47. The molecule has 1 aliphatic rings. The first-order valence-corrected chi connectivity index (χ1v) is 11.1. The number of hydrogen-bond acceptors (Lipinski definition) is 6. The van der Waals surface area contributed by atoms with Gasteiger partial charge in [-0.15, -0.1) is 0 Å². The third kappa shape index (κ3) is 2.44. The van der Waals surface area contributed by atoms with Gasteiger partial charge in [0.05, 0.1) is 0 Å². The highest BCUT2D eigenvalue weighted by atomic mass is 31.3. The van der Waals surface area contributed by atoms with Crippen molar-refractivity contribution in [1.29, 1.82) is 0 Å². The zero-order chi connectivity index (χ0) is 16.4. The summed E-state index contributed by atoms with van der Waals surface area (Å²) in [7, 11) is -21.9. The van der Waals surface area contributed by atoms with E-state index in [1.807, 2.05) is 0 Å². The summed E-state index contributed by atoms with van der Waals surface area (Å²) in [5, 5.41) is -4.83. The maximum Gasteiger partial charge on any atom is 0.367 e. The van der Waals surface area contributed by atoms with Crippen LogP contribution in [0.3, 0.4) is 0 Å². The summed E-state index contributed by atoms with van der Waals surface area (Å²) in [5.74, 6) is 0. The fourth-order valence-corrected chi connectivity index (χ4v) is 8.96. The molecule has 0 aromatic heterocycles. The van der Waals surface area contributed by atoms with E-state index in [0.717, 1.165) is 0 Å². The Morgan fingerprint density at radius 2 is 1.15 bits per heavy atom. The van der Waals surface area contributed by atoms with Gasteiger partial charge in [0, 0.05) is 0 Å². The van der Waals surface area contributed by atoms with E-state index in [-0.39, 0.29) is 0 Å². The Bertz CT molecular complexity index is 566. The number of hydrogen-bond donors (Lipinski definition) is 7. The van der Waals surface area contributed by atoms with Crippen molar-refractivity contribution in [2.45, 2.75) is 23.9 Å². The highest BCUT2D eigenvalue weighted by molar-refractivity contribution is 7.81. The summed E-state index contributed by atoms with van der Waals surface area (Å²) in [6.45, 7) is 0.920. The fraction of sp³-hybridized carbons (Fsp3) is 1.00. The molecule has 1 fully saturated rings. The van der Waals surface area contributed by atoms with Gasteiger partial charge in [0.25, 0.3) is 0 Å². The van der Waals surface area contributed by atoms with Crippen molar-refractivity contribution in [3.8, 4) is 0 Å². The molecule has 16 heteroatoms. The third-order valence-corrected chi connectivity index (χ3v) is 12.7. The van der Waals surface area contributed by atoms with Crippen molar-refractivity contribution >= 4 is 30.4 Å². The molecule has 7 N–H and O–H groups in total.